The van der Waals surface area contributed by atoms with E-state index < -0.39 is 0 Å². The minimum atomic E-state index is 0.519. The Morgan fingerprint density at radius 2 is 1.48 bits per heavy atom. The molecule has 0 spiro atoms. The molecule has 0 fully saturated rings. The van der Waals surface area contributed by atoms with Crippen molar-refractivity contribution in [3.63, 3.8) is 0 Å². The number of imidazole rings is 1. The molecule has 0 saturated heterocycles. The van der Waals surface area contributed by atoms with Gasteiger partial charge in [0.1, 0.15) is 18.1 Å². The molecule has 0 aliphatic rings. The lowest BCUT2D eigenvalue weighted by molar-refractivity contribution is 0.296. The van der Waals surface area contributed by atoms with Gasteiger partial charge in [0.05, 0.1) is 24.7 Å². The topological polar surface area (TPSA) is 52.2 Å². The van der Waals surface area contributed by atoms with Crippen molar-refractivity contribution in [1.82, 2.24) is 9.13 Å². The smallest absolute Gasteiger partial charge is 0.203 e. The molecule has 132 valence electrons. The number of para-hydroxylation sites is 2. The highest BCUT2D eigenvalue weighted by Gasteiger charge is 2.10. The molecule has 1 aromatic heterocycles. The minimum absolute atomic E-state index is 0.519. The zero-order valence-electron chi connectivity index (χ0n) is 14.9. The second-order valence-electron chi connectivity index (χ2n) is 5.99. The fourth-order valence-corrected chi connectivity index (χ4v) is 2.99. The van der Waals surface area contributed by atoms with Gasteiger partial charge in [-0.3, -0.25) is 5.41 Å². The van der Waals surface area contributed by atoms with E-state index in [9.17, 15) is 0 Å². The lowest BCUT2D eigenvalue weighted by Crippen LogP contribution is -2.26. The summed E-state index contributed by atoms with van der Waals surface area (Å²) in [7, 11) is 1.65. The van der Waals surface area contributed by atoms with Crippen molar-refractivity contribution in [3.8, 4) is 11.5 Å². The number of unbranched alkanes of at least 4 members (excludes halogenated alkanes) is 1. The van der Waals surface area contributed by atoms with E-state index in [1.165, 1.54) is 0 Å². The maximum absolute atomic E-state index is 8.54. The van der Waals surface area contributed by atoms with Gasteiger partial charge in [-0.05, 0) is 42.8 Å². The number of hydrogen-bond acceptors (Lipinski definition) is 3. The second kappa shape index (κ2) is 7.92. The predicted octanol–water partition coefficient (Wildman–Crippen LogP) is 3.81. The van der Waals surface area contributed by atoms with Crippen molar-refractivity contribution in [3.05, 3.63) is 54.1 Å². The quantitative estimate of drug-likeness (QED) is 0.678. The van der Waals surface area contributed by atoms with Gasteiger partial charge >= 0.3 is 0 Å². The first kappa shape index (κ1) is 17.1. The van der Waals surface area contributed by atoms with Crippen molar-refractivity contribution < 1.29 is 9.47 Å². The van der Waals surface area contributed by atoms with E-state index in [1.54, 1.807) is 7.11 Å². The third kappa shape index (κ3) is 3.71. The van der Waals surface area contributed by atoms with E-state index in [1.807, 2.05) is 41.0 Å². The number of methoxy groups -OCH3 is 1. The summed E-state index contributed by atoms with van der Waals surface area (Å²) in [5, 5.41) is 8.54. The SMILES string of the molecule is CCCCn1c(=N)n(CCOc2ccc(OC)cc2)c2ccccc21. The van der Waals surface area contributed by atoms with E-state index in [0.717, 1.165) is 41.9 Å². The Bertz CT molecular complexity index is 878. The highest BCUT2D eigenvalue weighted by atomic mass is 16.5. The van der Waals surface area contributed by atoms with Crippen molar-refractivity contribution in [2.24, 2.45) is 0 Å². The monoisotopic (exact) mass is 339 g/mol. The van der Waals surface area contributed by atoms with Gasteiger partial charge < -0.3 is 18.6 Å². The van der Waals surface area contributed by atoms with E-state index in [2.05, 4.69) is 23.6 Å². The predicted molar refractivity (Wildman–Crippen MR) is 99.2 cm³/mol. The third-order valence-electron chi connectivity index (χ3n) is 4.35. The zero-order valence-corrected chi connectivity index (χ0v) is 14.9. The number of ether oxygens (including phenoxy) is 2. The van der Waals surface area contributed by atoms with Gasteiger partial charge in [-0.15, -0.1) is 0 Å². The molecule has 0 saturated carbocycles. The van der Waals surface area contributed by atoms with Crippen LogP contribution in [0.25, 0.3) is 11.0 Å². The molecule has 3 aromatic rings. The molecule has 0 aliphatic carbocycles. The Morgan fingerprint density at radius 1 is 0.880 bits per heavy atom. The molecule has 1 N–H and O–H groups in total. The summed E-state index contributed by atoms with van der Waals surface area (Å²) < 4.78 is 15.1. The normalized spacial score (nSPS) is 11.0. The van der Waals surface area contributed by atoms with E-state index in [0.29, 0.717) is 18.8 Å². The first-order valence-corrected chi connectivity index (χ1v) is 8.74. The van der Waals surface area contributed by atoms with Crippen molar-refractivity contribution >= 4 is 11.0 Å². The highest BCUT2D eigenvalue weighted by molar-refractivity contribution is 5.75. The number of nitrogens with zero attached hydrogens (tertiary/aromatic N) is 2. The van der Waals surface area contributed by atoms with Crippen molar-refractivity contribution in [2.75, 3.05) is 13.7 Å². The Kier molecular flexibility index (Phi) is 5.43. The van der Waals surface area contributed by atoms with Crippen LogP contribution in [0.15, 0.2) is 48.5 Å². The number of aryl methyl sites for hydroxylation is 1. The van der Waals surface area contributed by atoms with Crippen molar-refractivity contribution in [2.45, 2.75) is 32.9 Å². The van der Waals surface area contributed by atoms with Crippen LogP contribution >= 0.6 is 0 Å². The van der Waals surface area contributed by atoms with Gasteiger partial charge in [0.25, 0.3) is 0 Å². The lowest BCUT2D eigenvalue weighted by atomic mass is 10.3. The maximum Gasteiger partial charge on any atom is 0.203 e. The molecule has 25 heavy (non-hydrogen) atoms. The fourth-order valence-electron chi connectivity index (χ4n) is 2.99. The Labute approximate surface area is 147 Å². The number of benzene rings is 2. The van der Waals surface area contributed by atoms with Crippen LogP contribution in [0, 0.1) is 5.41 Å². The van der Waals surface area contributed by atoms with Gasteiger partial charge in [-0.2, -0.15) is 0 Å². The van der Waals surface area contributed by atoms with Gasteiger partial charge in [-0.1, -0.05) is 25.5 Å². The van der Waals surface area contributed by atoms with E-state index in [4.69, 9.17) is 14.9 Å². The molecular formula is C20H25N3O2. The number of aromatic nitrogens is 2. The first-order chi connectivity index (χ1) is 12.2. The van der Waals surface area contributed by atoms with Crippen LogP contribution in [-0.4, -0.2) is 22.9 Å². The number of rotatable bonds is 8. The molecule has 0 unspecified atom stereocenters. The van der Waals surface area contributed by atoms with Crippen molar-refractivity contribution in [1.29, 1.82) is 5.41 Å². The zero-order chi connectivity index (χ0) is 17.6. The molecule has 5 heteroatoms. The van der Waals surface area contributed by atoms with Crippen LogP contribution in [-0.2, 0) is 13.1 Å². The van der Waals surface area contributed by atoms with Crippen LogP contribution < -0.4 is 15.1 Å². The second-order valence-corrected chi connectivity index (χ2v) is 5.99. The van der Waals surface area contributed by atoms with Gasteiger partial charge in [0.2, 0.25) is 5.62 Å². The highest BCUT2D eigenvalue weighted by Crippen LogP contribution is 2.17. The molecule has 0 amide bonds. The average molecular weight is 339 g/mol. The molecule has 0 aliphatic heterocycles. The summed E-state index contributed by atoms with van der Waals surface area (Å²) in [6.45, 7) is 4.21. The number of fused-ring (bicyclic) bond motifs is 1. The largest absolute Gasteiger partial charge is 0.497 e. The Balaban J connectivity index is 1.76. The first-order valence-electron chi connectivity index (χ1n) is 8.74. The minimum Gasteiger partial charge on any atom is -0.497 e. The van der Waals surface area contributed by atoms with Gasteiger partial charge in [-0.25, -0.2) is 0 Å². The summed E-state index contributed by atoms with van der Waals surface area (Å²) >= 11 is 0. The average Bonchev–Trinajstić information content (AvgIpc) is 2.92. The molecule has 3 rings (SSSR count). The van der Waals surface area contributed by atoms with Crippen LogP contribution in [0.5, 0.6) is 11.5 Å². The molecule has 2 aromatic carbocycles. The Hall–Kier alpha value is -2.69. The van der Waals surface area contributed by atoms with E-state index >= 15 is 0 Å². The molecule has 0 bridgehead atoms. The number of nitrogens with one attached hydrogen (secondary N) is 1. The van der Waals surface area contributed by atoms with Crippen LogP contribution in [0.4, 0.5) is 0 Å². The van der Waals surface area contributed by atoms with Crippen LogP contribution in [0.1, 0.15) is 19.8 Å². The summed E-state index contributed by atoms with van der Waals surface area (Å²) in [6.07, 6.45) is 2.19. The number of hydrogen-bond donors (Lipinski definition) is 1. The van der Waals surface area contributed by atoms with Gasteiger partial charge in [0, 0.05) is 6.54 Å². The summed E-state index contributed by atoms with van der Waals surface area (Å²) in [5.41, 5.74) is 2.74. The molecular weight excluding hydrogens is 314 g/mol. The molecule has 1 heterocycles. The summed E-state index contributed by atoms with van der Waals surface area (Å²) in [5.74, 6) is 1.62. The summed E-state index contributed by atoms with van der Waals surface area (Å²) in [4.78, 5) is 0. The van der Waals surface area contributed by atoms with Crippen LogP contribution in [0.3, 0.4) is 0 Å². The van der Waals surface area contributed by atoms with E-state index in [-0.39, 0.29) is 0 Å². The van der Waals surface area contributed by atoms with Gasteiger partial charge in [0.15, 0.2) is 0 Å². The molecule has 5 nitrogen and oxygen atoms in total. The standard InChI is InChI=1S/C20H25N3O2/c1-3-4-13-22-18-7-5-6-8-19(18)23(20(22)21)14-15-25-17-11-9-16(24-2)10-12-17/h5-12,21H,3-4,13-15H2,1-2H3. The summed E-state index contributed by atoms with van der Waals surface area (Å²) in [6, 6.07) is 15.8. The maximum atomic E-state index is 8.54. The van der Waals surface area contributed by atoms with Crippen LogP contribution in [0.2, 0.25) is 0 Å². The molecule has 0 atom stereocenters. The fraction of sp³-hybridized carbons (Fsp3) is 0.350. The third-order valence-corrected chi connectivity index (χ3v) is 4.35. The lowest BCUT2D eigenvalue weighted by Gasteiger charge is -2.08. The Morgan fingerprint density at radius 3 is 2.08 bits per heavy atom. The molecule has 0 radical (unpaired) electrons.